The number of nitrogens with one attached hydrogen (secondary N) is 1. The van der Waals surface area contributed by atoms with Crippen LogP contribution >= 0.6 is 27.3 Å². The molecule has 0 amide bonds. The summed E-state index contributed by atoms with van der Waals surface area (Å²) in [5.41, 5.74) is 5.00. The van der Waals surface area contributed by atoms with E-state index in [1.54, 1.807) is 6.07 Å². The molecule has 2 heterocycles. The van der Waals surface area contributed by atoms with E-state index in [9.17, 15) is 8.42 Å². The van der Waals surface area contributed by atoms with Crippen molar-refractivity contribution >= 4 is 37.3 Å². The summed E-state index contributed by atoms with van der Waals surface area (Å²) in [4.78, 5) is 1.09. The minimum atomic E-state index is -3.56. The molecule has 0 saturated carbocycles. The molecule has 1 aliphatic rings. The molecule has 5 nitrogen and oxygen atoms in total. The van der Waals surface area contributed by atoms with Crippen LogP contribution in [0.25, 0.3) is 0 Å². The SMILES string of the molecule is CC1(NS(=O)(=O)c2cc(CN)sc2Br)CCCOC1. The molecule has 1 atom stereocenters. The number of hydrogen-bond acceptors (Lipinski definition) is 5. The fourth-order valence-corrected chi connectivity index (χ4v) is 6.06. The van der Waals surface area contributed by atoms with Gasteiger partial charge < -0.3 is 10.5 Å². The number of sulfonamides is 1. The van der Waals surface area contributed by atoms with Crippen molar-refractivity contribution in [2.45, 2.75) is 36.7 Å². The first-order chi connectivity index (χ1) is 8.86. The Bertz CT molecular complexity index is 550. The number of halogens is 1. The monoisotopic (exact) mass is 368 g/mol. The van der Waals surface area contributed by atoms with E-state index in [0.29, 0.717) is 23.5 Å². The van der Waals surface area contributed by atoms with E-state index < -0.39 is 15.6 Å². The maximum atomic E-state index is 12.4. The number of hydrogen-bond donors (Lipinski definition) is 2. The molecule has 1 aliphatic heterocycles. The summed E-state index contributed by atoms with van der Waals surface area (Å²) in [6.07, 6.45) is 1.63. The highest BCUT2D eigenvalue weighted by atomic mass is 79.9. The lowest BCUT2D eigenvalue weighted by molar-refractivity contribution is 0.0386. The van der Waals surface area contributed by atoms with Crippen LogP contribution in [0.4, 0.5) is 0 Å². The second-order valence-corrected chi connectivity index (χ2v) is 8.98. The van der Waals surface area contributed by atoms with E-state index in [1.807, 2.05) is 6.92 Å². The van der Waals surface area contributed by atoms with Gasteiger partial charge in [0.25, 0.3) is 0 Å². The fraction of sp³-hybridized carbons (Fsp3) is 0.636. The van der Waals surface area contributed by atoms with Crippen molar-refractivity contribution in [2.24, 2.45) is 5.73 Å². The average Bonchev–Trinajstić information content (AvgIpc) is 2.71. The molecule has 1 aromatic rings. The van der Waals surface area contributed by atoms with Crippen LogP contribution in [-0.2, 0) is 21.3 Å². The second kappa shape index (κ2) is 5.79. The van der Waals surface area contributed by atoms with Crippen molar-refractivity contribution in [3.63, 3.8) is 0 Å². The normalized spacial score (nSPS) is 24.6. The number of ether oxygens (including phenoxy) is 1. The van der Waals surface area contributed by atoms with Crippen LogP contribution in [0.5, 0.6) is 0 Å². The minimum absolute atomic E-state index is 0.254. The van der Waals surface area contributed by atoms with Gasteiger partial charge in [-0.05, 0) is 41.8 Å². The van der Waals surface area contributed by atoms with Gasteiger partial charge in [0.1, 0.15) is 4.90 Å². The lowest BCUT2D eigenvalue weighted by Crippen LogP contribution is -2.51. The predicted octanol–water partition coefficient (Wildman–Crippen LogP) is 1.82. The molecule has 0 spiro atoms. The van der Waals surface area contributed by atoms with E-state index in [0.717, 1.165) is 17.7 Å². The van der Waals surface area contributed by atoms with Crippen molar-refractivity contribution in [1.29, 1.82) is 0 Å². The van der Waals surface area contributed by atoms with E-state index in [2.05, 4.69) is 20.7 Å². The summed E-state index contributed by atoms with van der Waals surface area (Å²) >= 11 is 4.63. The lowest BCUT2D eigenvalue weighted by atomic mass is 9.97. The van der Waals surface area contributed by atoms with Crippen LogP contribution in [-0.4, -0.2) is 27.2 Å². The van der Waals surface area contributed by atoms with Crippen molar-refractivity contribution in [3.05, 3.63) is 14.7 Å². The topological polar surface area (TPSA) is 81.4 Å². The van der Waals surface area contributed by atoms with Gasteiger partial charge in [0, 0.05) is 18.0 Å². The smallest absolute Gasteiger partial charge is 0.243 e. The molecule has 8 heteroatoms. The Kier molecular flexibility index (Phi) is 4.69. The molecule has 1 fully saturated rings. The van der Waals surface area contributed by atoms with Crippen molar-refractivity contribution in [2.75, 3.05) is 13.2 Å². The van der Waals surface area contributed by atoms with Gasteiger partial charge in [0.2, 0.25) is 10.0 Å². The standard InChI is InChI=1S/C11H17BrN2O3S2/c1-11(3-2-4-17-7-11)14-19(15,16)9-5-8(6-13)18-10(9)12/h5,14H,2-4,6-7,13H2,1H3. The van der Waals surface area contributed by atoms with E-state index in [-0.39, 0.29) is 4.90 Å². The maximum absolute atomic E-state index is 12.4. The van der Waals surface area contributed by atoms with E-state index in [1.165, 1.54) is 11.3 Å². The summed E-state index contributed by atoms with van der Waals surface area (Å²) in [5.74, 6) is 0. The Morgan fingerprint density at radius 2 is 2.37 bits per heavy atom. The van der Waals surface area contributed by atoms with Crippen molar-refractivity contribution < 1.29 is 13.2 Å². The number of nitrogens with two attached hydrogens (primary N) is 1. The van der Waals surface area contributed by atoms with Gasteiger partial charge in [0.15, 0.2) is 0 Å². The molecule has 0 aromatic carbocycles. The van der Waals surface area contributed by atoms with Gasteiger partial charge in [0.05, 0.1) is 15.9 Å². The molecule has 2 rings (SSSR count). The van der Waals surface area contributed by atoms with Crippen LogP contribution in [0.15, 0.2) is 14.7 Å². The molecular weight excluding hydrogens is 352 g/mol. The van der Waals surface area contributed by atoms with Gasteiger partial charge in [-0.25, -0.2) is 13.1 Å². The molecule has 0 bridgehead atoms. The highest BCUT2D eigenvalue weighted by Crippen LogP contribution is 2.32. The summed E-state index contributed by atoms with van der Waals surface area (Å²) in [7, 11) is -3.56. The second-order valence-electron chi connectivity index (χ2n) is 4.88. The fourth-order valence-electron chi connectivity index (χ4n) is 2.08. The molecular formula is C11H17BrN2O3S2. The predicted molar refractivity (Wildman–Crippen MR) is 78.7 cm³/mol. The molecule has 19 heavy (non-hydrogen) atoms. The third-order valence-corrected chi connectivity index (χ3v) is 6.93. The van der Waals surface area contributed by atoms with Crippen LogP contribution < -0.4 is 10.5 Å². The molecule has 1 saturated heterocycles. The third-order valence-electron chi connectivity index (χ3n) is 3.02. The van der Waals surface area contributed by atoms with E-state index in [4.69, 9.17) is 10.5 Å². The van der Waals surface area contributed by atoms with Crippen molar-refractivity contribution in [1.82, 2.24) is 4.72 Å². The maximum Gasteiger partial charge on any atom is 0.243 e. The van der Waals surface area contributed by atoms with E-state index >= 15 is 0 Å². The van der Waals surface area contributed by atoms with Crippen LogP contribution in [0.2, 0.25) is 0 Å². The summed E-state index contributed by atoms with van der Waals surface area (Å²) in [6, 6.07) is 1.62. The Labute approximate surface area is 125 Å². The third kappa shape index (κ3) is 3.56. The number of thiophene rings is 1. The Morgan fingerprint density at radius 1 is 1.63 bits per heavy atom. The first-order valence-corrected chi connectivity index (χ1v) is 9.06. The van der Waals surface area contributed by atoms with Crippen LogP contribution in [0.3, 0.4) is 0 Å². The summed E-state index contributed by atoms with van der Waals surface area (Å²) < 4.78 is 33.6. The van der Waals surface area contributed by atoms with Gasteiger partial charge in [-0.1, -0.05) is 0 Å². The van der Waals surface area contributed by atoms with Gasteiger partial charge in [-0.3, -0.25) is 0 Å². The minimum Gasteiger partial charge on any atom is -0.380 e. The summed E-state index contributed by atoms with van der Waals surface area (Å²) in [5, 5.41) is 0. The van der Waals surface area contributed by atoms with Gasteiger partial charge in [-0.15, -0.1) is 11.3 Å². The molecule has 0 radical (unpaired) electrons. The summed E-state index contributed by atoms with van der Waals surface area (Å²) in [6.45, 7) is 3.29. The highest BCUT2D eigenvalue weighted by molar-refractivity contribution is 9.11. The first-order valence-electron chi connectivity index (χ1n) is 5.96. The number of rotatable bonds is 4. The van der Waals surface area contributed by atoms with Gasteiger partial charge in [-0.2, -0.15) is 0 Å². The zero-order valence-corrected chi connectivity index (χ0v) is 13.8. The quantitative estimate of drug-likeness (QED) is 0.848. The molecule has 3 N–H and O–H groups in total. The van der Waals surface area contributed by atoms with Crippen LogP contribution in [0, 0.1) is 0 Å². The molecule has 1 aromatic heterocycles. The highest BCUT2D eigenvalue weighted by Gasteiger charge is 2.34. The lowest BCUT2D eigenvalue weighted by Gasteiger charge is -2.33. The zero-order chi connectivity index (χ0) is 14.1. The van der Waals surface area contributed by atoms with Crippen molar-refractivity contribution in [3.8, 4) is 0 Å². The Morgan fingerprint density at radius 3 is 2.89 bits per heavy atom. The average molecular weight is 369 g/mol. The molecule has 108 valence electrons. The van der Waals surface area contributed by atoms with Gasteiger partial charge >= 0.3 is 0 Å². The first kappa shape index (κ1) is 15.4. The zero-order valence-electron chi connectivity index (χ0n) is 10.6. The molecule has 0 aliphatic carbocycles. The largest absolute Gasteiger partial charge is 0.380 e. The molecule has 1 unspecified atom stereocenters. The Balaban J connectivity index is 2.24. The Hall–Kier alpha value is 0.01000. The van der Waals surface area contributed by atoms with Crippen LogP contribution in [0.1, 0.15) is 24.6 Å².